The van der Waals surface area contributed by atoms with E-state index in [0.29, 0.717) is 10.8 Å². The number of nitrogens with zero attached hydrogens (tertiary/aromatic N) is 1. The molecule has 21 heavy (non-hydrogen) atoms. The fourth-order valence-corrected chi connectivity index (χ4v) is 5.92. The van der Waals surface area contributed by atoms with Gasteiger partial charge in [-0.25, -0.2) is 8.42 Å². The van der Waals surface area contributed by atoms with Gasteiger partial charge in [-0.05, 0) is 44.2 Å². The Morgan fingerprint density at radius 1 is 1.29 bits per heavy atom. The van der Waals surface area contributed by atoms with E-state index in [-0.39, 0.29) is 6.04 Å². The highest BCUT2D eigenvalue weighted by Gasteiger charge is 2.36. The number of hydrogen-bond donors (Lipinski definition) is 1. The first-order valence-electron chi connectivity index (χ1n) is 6.89. The van der Waals surface area contributed by atoms with Crippen LogP contribution in [-0.2, 0) is 23.0 Å². The summed E-state index contributed by atoms with van der Waals surface area (Å²) in [5.74, 6) is 0. The largest absolute Gasteiger partial charge is 0.315 e. The molecule has 0 saturated carbocycles. The van der Waals surface area contributed by atoms with Gasteiger partial charge >= 0.3 is 0 Å². The highest BCUT2D eigenvalue weighted by atomic mass is 32.2. The summed E-state index contributed by atoms with van der Waals surface area (Å²) in [6, 6.07) is 11.3. The zero-order valence-electron chi connectivity index (χ0n) is 12.0. The maximum Gasteiger partial charge on any atom is 0.274 e. The number of nitrogens with one attached hydrogen (secondary N) is 1. The molecule has 0 amide bonds. The highest BCUT2D eigenvalue weighted by molar-refractivity contribution is 7.94. The van der Waals surface area contributed by atoms with Crippen LogP contribution >= 0.6 is 11.3 Å². The number of para-hydroxylation sites is 1. The number of anilines is 1. The molecule has 0 fully saturated rings. The van der Waals surface area contributed by atoms with Gasteiger partial charge in [-0.3, -0.25) is 4.31 Å². The van der Waals surface area contributed by atoms with Gasteiger partial charge in [0.05, 0.1) is 5.69 Å². The first-order chi connectivity index (χ1) is 10.0. The van der Waals surface area contributed by atoms with Gasteiger partial charge in [0, 0.05) is 17.5 Å². The first kappa shape index (κ1) is 14.6. The molecule has 1 aromatic carbocycles. The smallest absolute Gasteiger partial charge is 0.274 e. The molecule has 2 heterocycles. The van der Waals surface area contributed by atoms with Crippen molar-refractivity contribution in [1.29, 1.82) is 0 Å². The van der Waals surface area contributed by atoms with Gasteiger partial charge < -0.3 is 5.32 Å². The molecule has 1 aliphatic rings. The molecule has 112 valence electrons. The van der Waals surface area contributed by atoms with Crippen molar-refractivity contribution >= 4 is 27.0 Å². The lowest BCUT2D eigenvalue weighted by atomic mass is 10.1. The van der Waals surface area contributed by atoms with Crippen molar-refractivity contribution in [3.05, 3.63) is 46.8 Å². The number of benzene rings is 1. The molecule has 6 heteroatoms. The summed E-state index contributed by atoms with van der Waals surface area (Å²) in [6.07, 6.45) is 0.768. The van der Waals surface area contributed by atoms with Crippen molar-refractivity contribution in [2.24, 2.45) is 0 Å². The van der Waals surface area contributed by atoms with Crippen LogP contribution in [0.4, 0.5) is 5.69 Å². The van der Waals surface area contributed by atoms with Crippen LogP contribution in [-0.4, -0.2) is 21.5 Å². The molecular weight excluding hydrogens is 304 g/mol. The van der Waals surface area contributed by atoms with E-state index in [1.54, 1.807) is 10.4 Å². The van der Waals surface area contributed by atoms with Gasteiger partial charge in [0.2, 0.25) is 0 Å². The summed E-state index contributed by atoms with van der Waals surface area (Å²) in [4.78, 5) is 1.02. The Balaban J connectivity index is 2.01. The SMILES string of the molecule is CNCc1ccc(S(=O)(=O)N2c3ccccc3CC2C)s1. The third-order valence-electron chi connectivity index (χ3n) is 3.65. The Morgan fingerprint density at radius 2 is 2.05 bits per heavy atom. The third-order valence-corrected chi connectivity index (χ3v) is 7.13. The lowest BCUT2D eigenvalue weighted by molar-refractivity contribution is 0.586. The second-order valence-corrected chi connectivity index (χ2v) is 8.44. The lowest BCUT2D eigenvalue weighted by Gasteiger charge is -2.23. The average molecular weight is 322 g/mol. The third kappa shape index (κ3) is 2.47. The average Bonchev–Trinajstić information content (AvgIpc) is 3.02. The number of sulfonamides is 1. The van der Waals surface area contributed by atoms with Gasteiger partial charge in [-0.2, -0.15) is 0 Å². The molecule has 2 aromatic rings. The van der Waals surface area contributed by atoms with Crippen LogP contribution in [0.5, 0.6) is 0 Å². The molecular formula is C15H18N2O2S2. The molecule has 1 aromatic heterocycles. The topological polar surface area (TPSA) is 49.4 Å². The van der Waals surface area contributed by atoms with E-state index < -0.39 is 10.0 Å². The van der Waals surface area contributed by atoms with Crippen molar-refractivity contribution in [3.63, 3.8) is 0 Å². The maximum atomic E-state index is 12.9. The molecule has 1 aliphatic heterocycles. The lowest BCUT2D eigenvalue weighted by Crippen LogP contribution is -2.35. The first-order valence-corrected chi connectivity index (χ1v) is 9.15. The molecule has 0 aliphatic carbocycles. The van der Waals surface area contributed by atoms with E-state index in [4.69, 9.17) is 0 Å². The van der Waals surface area contributed by atoms with E-state index in [9.17, 15) is 8.42 Å². The van der Waals surface area contributed by atoms with Crippen molar-refractivity contribution in [1.82, 2.24) is 5.32 Å². The minimum absolute atomic E-state index is 0.0396. The summed E-state index contributed by atoms with van der Waals surface area (Å²) in [5.41, 5.74) is 1.91. The Kier molecular flexibility index (Phi) is 3.77. The van der Waals surface area contributed by atoms with Gasteiger partial charge in [0.25, 0.3) is 10.0 Å². The predicted molar refractivity (Wildman–Crippen MR) is 86.4 cm³/mol. The van der Waals surface area contributed by atoms with Crippen LogP contribution in [0.25, 0.3) is 0 Å². The maximum absolute atomic E-state index is 12.9. The number of rotatable bonds is 4. The van der Waals surface area contributed by atoms with Gasteiger partial charge in [-0.15, -0.1) is 11.3 Å². The summed E-state index contributed by atoms with van der Waals surface area (Å²) in [7, 11) is -1.62. The fourth-order valence-electron chi connectivity index (χ4n) is 2.77. The minimum Gasteiger partial charge on any atom is -0.315 e. The minimum atomic E-state index is -3.47. The van der Waals surface area contributed by atoms with Gasteiger partial charge in [0.15, 0.2) is 0 Å². The second kappa shape index (κ2) is 5.44. The molecule has 0 radical (unpaired) electrons. The Bertz CT molecular complexity index is 753. The molecule has 0 saturated heterocycles. The fraction of sp³-hybridized carbons (Fsp3) is 0.333. The van der Waals surface area contributed by atoms with E-state index in [1.165, 1.54) is 11.3 Å². The molecule has 1 atom stereocenters. The van der Waals surface area contributed by atoms with Crippen molar-refractivity contribution in [3.8, 4) is 0 Å². The Morgan fingerprint density at radius 3 is 2.81 bits per heavy atom. The molecule has 0 spiro atoms. The zero-order chi connectivity index (χ0) is 15.0. The summed E-state index contributed by atoms with van der Waals surface area (Å²) < 4.78 is 27.9. The van der Waals surface area contributed by atoms with Crippen LogP contribution in [0.3, 0.4) is 0 Å². The van der Waals surface area contributed by atoms with E-state index >= 15 is 0 Å². The summed E-state index contributed by atoms with van der Waals surface area (Å²) in [6.45, 7) is 2.64. The second-order valence-electron chi connectivity index (χ2n) is 5.23. The van der Waals surface area contributed by atoms with Crippen molar-refractivity contribution < 1.29 is 8.42 Å². The molecule has 4 nitrogen and oxygen atoms in total. The Labute approximate surface area is 129 Å². The Hall–Kier alpha value is -1.37. The molecule has 3 rings (SSSR count). The molecule has 0 bridgehead atoms. The van der Waals surface area contributed by atoms with Crippen LogP contribution in [0.2, 0.25) is 0 Å². The van der Waals surface area contributed by atoms with E-state index in [0.717, 1.165) is 22.5 Å². The number of hydrogen-bond acceptors (Lipinski definition) is 4. The van der Waals surface area contributed by atoms with E-state index in [2.05, 4.69) is 5.32 Å². The normalized spacial score (nSPS) is 18.0. The van der Waals surface area contributed by atoms with Crippen molar-refractivity contribution in [2.75, 3.05) is 11.4 Å². The summed E-state index contributed by atoms with van der Waals surface area (Å²) >= 11 is 1.34. The zero-order valence-corrected chi connectivity index (χ0v) is 13.7. The van der Waals surface area contributed by atoms with Crippen LogP contribution in [0.1, 0.15) is 17.4 Å². The molecule has 1 N–H and O–H groups in total. The van der Waals surface area contributed by atoms with Crippen LogP contribution in [0.15, 0.2) is 40.6 Å². The number of fused-ring (bicyclic) bond motifs is 1. The van der Waals surface area contributed by atoms with Gasteiger partial charge in [-0.1, -0.05) is 18.2 Å². The van der Waals surface area contributed by atoms with Crippen LogP contribution < -0.4 is 9.62 Å². The molecule has 1 unspecified atom stereocenters. The van der Waals surface area contributed by atoms with Crippen LogP contribution in [0, 0.1) is 0 Å². The quantitative estimate of drug-likeness (QED) is 0.941. The summed E-state index contributed by atoms with van der Waals surface area (Å²) in [5, 5.41) is 3.04. The van der Waals surface area contributed by atoms with E-state index in [1.807, 2.05) is 44.3 Å². The predicted octanol–water partition coefficient (Wildman–Crippen LogP) is 2.61. The van der Waals surface area contributed by atoms with Crippen molar-refractivity contribution in [2.45, 2.75) is 30.1 Å². The highest BCUT2D eigenvalue weighted by Crippen LogP contribution is 2.37. The standard InChI is InChI=1S/C15H18N2O2S2/c1-11-9-12-5-3-4-6-14(12)17(11)21(18,19)15-8-7-13(20-15)10-16-2/h3-8,11,16H,9-10H2,1-2H3. The monoisotopic (exact) mass is 322 g/mol. The van der Waals surface area contributed by atoms with Gasteiger partial charge in [0.1, 0.15) is 4.21 Å². The number of thiophene rings is 1.